The van der Waals surface area contributed by atoms with E-state index in [1.54, 1.807) is 0 Å². The van der Waals surface area contributed by atoms with Crippen LogP contribution in [-0.4, -0.2) is 72.6 Å². The summed E-state index contributed by atoms with van der Waals surface area (Å²) >= 11 is 0. The van der Waals surface area contributed by atoms with Gasteiger partial charge in [-0.1, -0.05) is 20.4 Å². The Morgan fingerprint density at radius 2 is 1.90 bits per heavy atom. The van der Waals surface area contributed by atoms with E-state index in [9.17, 15) is 9.90 Å². The Bertz CT molecular complexity index is 664. The van der Waals surface area contributed by atoms with Crippen molar-refractivity contribution in [3.05, 3.63) is 12.2 Å². The Morgan fingerprint density at radius 1 is 1.13 bits per heavy atom. The number of fused-ring (bicyclic) bond motifs is 2. The minimum Gasteiger partial charge on any atom is -0.390 e. The Hall–Kier alpha value is -0.830. The number of carbonyl (C=O) groups is 1. The number of hydrogen-bond donors (Lipinski definition) is 1. The summed E-state index contributed by atoms with van der Waals surface area (Å²) in [5, 5.41) is 11.0. The minimum atomic E-state index is -0.651. The first-order valence-electron chi connectivity index (χ1n) is 11.8. The molecule has 0 saturated carbocycles. The molecule has 0 bridgehead atoms. The van der Waals surface area contributed by atoms with Crippen LogP contribution in [0.25, 0.3) is 0 Å². The van der Waals surface area contributed by atoms with Gasteiger partial charge in [0.1, 0.15) is 12.4 Å². The van der Waals surface area contributed by atoms with Gasteiger partial charge in [0.05, 0.1) is 49.3 Å². The van der Waals surface area contributed by atoms with Crippen molar-refractivity contribution in [2.45, 2.75) is 114 Å². The molecular formula is C24H38O7. The van der Waals surface area contributed by atoms with Crippen molar-refractivity contribution < 1.29 is 33.6 Å². The fourth-order valence-electron chi connectivity index (χ4n) is 5.57. The van der Waals surface area contributed by atoms with Crippen LogP contribution in [0.1, 0.15) is 59.8 Å². The quantitative estimate of drug-likeness (QED) is 0.522. The molecule has 4 aliphatic heterocycles. The molecule has 176 valence electrons. The predicted molar refractivity (Wildman–Crippen MR) is 114 cm³/mol. The Balaban J connectivity index is 1.42. The average Bonchev–Trinajstić information content (AvgIpc) is 2.72. The second-order valence-corrected chi connectivity index (χ2v) is 10.2. The monoisotopic (exact) mass is 438 g/mol. The summed E-state index contributed by atoms with van der Waals surface area (Å²) in [5.41, 5.74) is 1.04. The Kier molecular flexibility index (Phi) is 6.92. The van der Waals surface area contributed by atoms with E-state index in [1.165, 1.54) is 0 Å². The Labute approximate surface area is 185 Å². The molecule has 4 saturated heterocycles. The maximum Gasteiger partial charge on any atom is 0.163 e. The lowest BCUT2D eigenvalue weighted by Gasteiger charge is -2.53. The molecule has 4 rings (SSSR count). The number of ether oxygens (including phenoxy) is 5. The molecule has 4 heterocycles. The van der Waals surface area contributed by atoms with Gasteiger partial charge < -0.3 is 33.6 Å². The smallest absolute Gasteiger partial charge is 0.163 e. The van der Waals surface area contributed by atoms with Crippen LogP contribution in [0, 0.1) is 11.8 Å². The third kappa shape index (κ3) is 4.92. The first-order chi connectivity index (χ1) is 14.7. The van der Waals surface area contributed by atoms with Gasteiger partial charge >= 0.3 is 0 Å². The van der Waals surface area contributed by atoms with Gasteiger partial charge in [-0.3, -0.25) is 0 Å². The van der Waals surface area contributed by atoms with Gasteiger partial charge in [0, 0.05) is 25.2 Å². The van der Waals surface area contributed by atoms with Gasteiger partial charge in [-0.2, -0.15) is 0 Å². The standard InChI is InChI=1S/C24H38O7/c1-13-9-16(7-6-8-25)28-17(14(13)2)10-19-22(26)15(3)23-20(29-19)11-18-21(30-23)12-27-24(4,5)31-18/h8,13,15-23,26H,2,6-7,9-12H2,1,3-5H3/t13-,15-,16?,17-,18-,19?,20+,21-,22-,23+/m1/s1. The highest BCUT2D eigenvalue weighted by Crippen LogP contribution is 2.42. The van der Waals surface area contributed by atoms with E-state index in [0.29, 0.717) is 25.4 Å². The number of aldehydes is 1. The molecule has 4 aliphatic rings. The molecule has 0 aromatic carbocycles. The van der Waals surface area contributed by atoms with E-state index in [0.717, 1.165) is 31.1 Å². The van der Waals surface area contributed by atoms with Crippen LogP contribution in [0.15, 0.2) is 12.2 Å². The van der Waals surface area contributed by atoms with Crippen LogP contribution >= 0.6 is 0 Å². The molecule has 7 heteroatoms. The van der Waals surface area contributed by atoms with E-state index < -0.39 is 11.9 Å². The van der Waals surface area contributed by atoms with Crippen LogP contribution in [0.4, 0.5) is 0 Å². The summed E-state index contributed by atoms with van der Waals surface area (Å²) < 4.78 is 30.9. The van der Waals surface area contributed by atoms with Gasteiger partial charge in [0.25, 0.3) is 0 Å². The van der Waals surface area contributed by atoms with Gasteiger partial charge in [-0.25, -0.2) is 0 Å². The van der Waals surface area contributed by atoms with Gasteiger partial charge in [0.15, 0.2) is 5.79 Å². The average molecular weight is 439 g/mol. The van der Waals surface area contributed by atoms with E-state index >= 15 is 0 Å². The number of rotatable bonds is 5. The van der Waals surface area contributed by atoms with Crippen molar-refractivity contribution in [1.82, 2.24) is 0 Å². The lowest BCUT2D eigenvalue weighted by atomic mass is 9.79. The van der Waals surface area contributed by atoms with E-state index in [4.69, 9.17) is 23.7 Å². The summed E-state index contributed by atoms with van der Waals surface area (Å²) in [6, 6.07) is 0. The van der Waals surface area contributed by atoms with Crippen LogP contribution in [0.3, 0.4) is 0 Å². The third-order valence-corrected chi connectivity index (χ3v) is 7.47. The first kappa shape index (κ1) is 23.3. The van der Waals surface area contributed by atoms with Crippen molar-refractivity contribution in [2.24, 2.45) is 11.8 Å². The zero-order valence-corrected chi connectivity index (χ0v) is 19.2. The SMILES string of the molecule is C=C1[C@H](C)CC(CCC=O)O[C@@H]1CC1O[C@H]2C[C@H]3OC(C)(C)OC[C@H]3O[C@H]2[C@H](C)[C@H]1O. The van der Waals surface area contributed by atoms with E-state index in [-0.39, 0.29) is 48.6 Å². The van der Waals surface area contributed by atoms with Crippen LogP contribution < -0.4 is 0 Å². The molecule has 2 unspecified atom stereocenters. The highest BCUT2D eigenvalue weighted by molar-refractivity contribution is 5.49. The molecule has 0 amide bonds. The molecule has 1 N–H and O–H groups in total. The Morgan fingerprint density at radius 3 is 2.65 bits per heavy atom. The van der Waals surface area contributed by atoms with Crippen LogP contribution in [0.2, 0.25) is 0 Å². The molecule has 10 atom stereocenters. The molecule has 31 heavy (non-hydrogen) atoms. The largest absolute Gasteiger partial charge is 0.390 e. The lowest BCUT2D eigenvalue weighted by Crippen LogP contribution is -2.63. The highest BCUT2D eigenvalue weighted by atomic mass is 16.7. The predicted octanol–water partition coefficient (Wildman–Crippen LogP) is 2.78. The van der Waals surface area contributed by atoms with E-state index in [1.807, 2.05) is 20.8 Å². The fraction of sp³-hybridized carbons (Fsp3) is 0.875. The first-order valence-corrected chi connectivity index (χ1v) is 11.8. The van der Waals surface area contributed by atoms with Crippen molar-refractivity contribution in [1.29, 1.82) is 0 Å². The maximum atomic E-state index is 11.0. The van der Waals surface area contributed by atoms with Gasteiger partial charge in [-0.15, -0.1) is 0 Å². The second kappa shape index (κ2) is 9.20. The number of hydrogen-bond acceptors (Lipinski definition) is 7. The van der Waals surface area contributed by atoms with Crippen LogP contribution in [0.5, 0.6) is 0 Å². The molecular weight excluding hydrogens is 400 g/mol. The lowest BCUT2D eigenvalue weighted by molar-refractivity contribution is -0.355. The zero-order chi connectivity index (χ0) is 22.3. The highest BCUT2D eigenvalue weighted by Gasteiger charge is 2.52. The third-order valence-electron chi connectivity index (χ3n) is 7.47. The summed E-state index contributed by atoms with van der Waals surface area (Å²) in [5.74, 6) is -0.380. The van der Waals surface area contributed by atoms with Gasteiger partial charge in [-0.05, 0) is 38.2 Å². The topological polar surface area (TPSA) is 83.5 Å². The number of aliphatic hydroxyl groups is 1. The molecule has 0 aromatic heterocycles. The normalized spacial score (nSPS) is 47.3. The zero-order valence-electron chi connectivity index (χ0n) is 19.2. The molecule has 0 spiro atoms. The summed E-state index contributed by atoms with van der Waals surface area (Å²) in [4.78, 5) is 10.8. The number of aliphatic hydroxyl groups excluding tert-OH is 1. The summed E-state index contributed by atoms with van der Waals surface area (Å²) in [6.07, 6.45) is 2.63. The molecule has 4 fully saturated rings. The van der Waals surface area contributed by atoms with Gasteiger partial charge in [0.2, 0.25) is 0 Å². The minimum absolute atomic E-state index is 0.0400. The van der Waals surface area contributed by atoms with Crippen molar-refractivity contribution >= 4 is 6.29 Å². The van der Waals surface area contributed by atoms with Crippen molar-refractivity contribution in [3.63, 3.8) is 0 Å². The molecule has 7 nitrogen and oxygen atoms in total. The summed E-state index contributed by atoms with van der Waals surface area (Å²) in [6.45, 7) is 12.8. The molecule has 0 aliphatic carbocycles. The summed E-state index contributed by atoms with van der Waals surface area (Å²) in [7, 11) is 0. The van der Waals surface area contributed by atoms with Crippen molar-refractivity contribution in [3.8, 4) is 0 Å². The maximum absolute atomic E-state index is 11.0. The second-order valence-electron chi connectivity index (χ2n) is 10.2. The molecule has 0 aromatic rings. The van der Waals surface area contributed by atoms with E-state index in [2.05, 4.69) is 13.5 Å². The van der Waals surface area contributed by atoms with Crippen molar-refractivity contribution in [2.75, 3.05) is 6.61 Å². The fourth-order valence-corrected chi connectivity index (χ4v) is 5.57. The number of carbonyl (C=O) groups excluding carboxylic acids is 1. The van der Waals surface area contributed by atoms with Crippen LogP contribution in [-0.2, 0) is 28.5 Å². The molecule has 0 radical (unpaired) electrons.